The second kappa shape index (κ2) is 8.93. The lowest BCUT2D eigenvalue weighted by molar-refractivity contribution is 0.355. The molecule has 108 valence electrons. The lowest BCUT2D eigenvalue weighted by Gasteiger charge is -2.15. The average molecular weight is 277 g/mol. The van der Waals surface area contributed by atoms with Crippen molar-refractivity contribution < 1.29 is 0 Å². The van der Waals surface area contributed by atoms with Gasteiger partial charge in [-0.25, -0.2) is 0 Å². The summed E-state index contributed by atoms with van der Waals surface area (Å²) in [7, 11) is 0. The van der Waals surface area contributed by atoms with Crippen molar-refractivity contribution in [3.05, 3.63) is 83.9 Å². The highest BCUT2D eigenvalue weighted by Gasteiger charge is 1.96. The zero-order valence-electron chi connectivity index (χ0n) is 12.7. The van der Waals surface area contributed by atoms with E-state index in [1.165, 1.54) is 11.1 Å². The molecule has 2 aromatic rings. The van der Waals surface area contributed by atoms with E-state index in [0.29, 0.717) is 0 Å². The Kier molecular flexibility index (Phi) is 6.50. The monoisotopic (exact) mass is 277 g/mol. The second-order valence-corrected chi connectivity index (χ2v) is 4.98. The summed E-state index contributed by atoms with van der Waals surface area (Å²) in [6, 6.07) is 20.9. The van der Waals surface area contributed by atoms with Gasteiger partial charge in [-0.2, -0.15) is 0 Å². The highest BCUT2D eigenvalue weighted by atomic mass is 15.1. The van der Waals surface area contributed by atoms with Crippen LogP contribution in [-0.2, 0) is 0 Å². The summed E-state index contributed by atoms with van der Waals surface area (Å²) in [5, 5.41) is 0. The third-order valence-corrected chi connectivity index (χ3v) is 3.39. The molecule has 0 bridgehead atoms. The van der Waals surface area contributed by atoms with Gasteiger partial charge in [-0.05, 0) is 17.7 Å². The lowest BCUT2D eigenvalue weighted by Crippen LogP contribution is -2.23. The summed E-state index contributed by atoms with van der Waals surface area (Å²) in [5.74, 6) is 0. The van der Waals surface area contributed by atoms with E-state index >= 15 is 0 Å². The molecule has 1 heteroatoms. The third kappa shape index (κ3) is 5.80. The molecule has 0 N–H and O–H groups in total. The Labute approximate surface area is 128 Å². The van der Waals surface area contributed by atoms with Gasteiger partial charge in [0, 0.05) is 13.1 Å². The maximum Gasteiger partial charge on any atom is 0.0169 e. The first kappa shape index (κ1) is 15.3. The quantitative estimate of drug-likeness (QED) is 0.707. The maximum absolute atomic E-state index is 2.40. The first-order chi connectivity index (χ1) is 10.4. The topological polar surface area (TPSA) is 3.24 Å². The van der Waals surface area contributed by atoms with Crippen molar-refractivity contribution in [2.24, 2.45) is 0 Å². The molecule has 1 nitrogen and oxygen atoms in total. The summed E-state index contributed by atoms with van der Waals surface area (Å²) >= 11 is 0. The molecule has 0 aromatic heterocycles. The predicted octanol–water partition coefficient (Wildman–Crippen LogP) is 4.74. The van der Waals surface area contributed by atoms with Gasteiger partial charge in [-0.3, -0.25) is 4.90 Å². The Morgan fingerprint density at radius 3 is 1.52 bits per heavy atom. The molecule has 0 fully saturated rings. The van der Waals surface area contributed by atoms with Crippen molar-refractivity contribution in [3.63, 3.8) is 0 Å². The summed E-state index contributed by atoms with van der Waals surface area (Å²) in [4.78, 5) is 2.40. The van der Waals surface area contributed by atoms with Crippen LogP contribution in [0, 0.1) is 0 Å². The number of hydrogen-bond donors (Lipinski definition) is 0. The fourth-order valence-electron chi connectivity index (χ4n) is 2.14. The second-order valence-electron chi connectivity index (χ2n) is 4.98. The van der Waals surface area contributed by atoms with Gasteiger partial charge in [0.25, 0.3) is 0 Å². The van der Waals surface area contributed by atoms with Crippen molar-refractivity contribution in [2.45, 2.75) is 6.92 Å². The number of likely N-dealkylation sites (N-methyl/N-ethyl adjacent to an activating group) is 1. The van der Waals surface area contributed by atoms with Crippen molar-refractivity contribution in [3.8, 4) is 0 Å². The number of benzene rings is 2. The summed E-state index contributed by atoms with van der Waals surface area (Å²) in [5.41, 5.74) is 2.52. The van der Waals surface area contributed by atoms with E-state index in [0.717, 1.165) is 19.6 Å². The Morgan fingerprint density at radius 2 is 1.14 bits per heavy atom. The fourth-order valence-corrected chi connectivity index (χ4v) is 2.14. The van der Waals surface area contributed by atoms with Crippen molar-refractivity contribution in [2.75, 3.05) is 19.6 Å². The highest BCUT2D eigenvalue weighted by Crippen LogP contribution is 2.03. The van der Waals surface area contributed by atoms with Crippen LogP contribution in [0.4, 0.5) is 0 Å². The van der Waals surface area contributed by atoms with Crippen LogP contribution in [0.25, 0.3) is 12.2 Å². The molecule has 0 unspecified atom stereocenters. The minimum atomic E-state index is 0.977. The first-order valence-electron chi connectivity index (χ1n) is 7.54. The van der Waals surface area contributed by atoms with Gasteiger partial charge < -0.3 is 0 Å². The smallest absolute Gasteiger partial charge is 0.0169 e. The molecular weight excluding hydrogens is 254 g/mol. The molecule has 0 aliphatic rings. The van der Waals surface area contributed by atoms with Crippen molar-refractivity contribution in [1.82, 2.24) is 4.90 Å². The molecule has 0 aliphatic carbocycles. The van der Waals surface area contributed by atoms with Crippen LogP contribution in [0.1, 0.15) is 18.1 Å². The van der Waals surface area contributed by atoms with Gasteiger partial charge in [0.1, 0.15) is 0 Å². The minimum Gasteiger partial charge on any atom is -0.296 e. The average Bonchev–Trinajstić information content (AvgIpc) is 2.55. The predicted molar refractivity (Wildman–Crippen MR) is 93.1 cm³/mol. The molecule has 0 spiro atoms. The molecule has 0 amide bonds. The van der Waals surface area contributed by atoms with Gasteiger partial charge >= 0.3 is 0 Å². The summed E-state index contributed by atoms with van der Waals surface area (Å²) < 4.78 is 0. The molecule has 2 rings (SSSR count). The van der Waals surface area contributed by atoms with E-state index in [1.807, 2.05) is 12.1 Å². The summed E-state index contributed by atoms with van der Waals surface area (Å²) in [6.45, 7) is 5.21. The van der Waals surface area contributed by atoms with E-state index in [9.17, 15) is 0 Å². The zero-order chi connectivity index (χ0) is 14.8. The van der Waals surface area contributed by atoms with Crippen molar-refractivity contribution >= 4 is 12.2 Å². The molecule has 0 aliphatic heterocycles. The Bertz CT molecular complexity index is 503. The van der Waals surface area contributed by atoms with E-state index < -0.39 is 0 Å². The van der Waals surface area contributed by atoms with Gasteiger partial charge in [0.15, 0.2) is 0 Å². The van der Waals surface area contributed by atoms with Crippen LogP contribution in [0.5, 0.6) is 0 Å². The Balaban J connectivity index is 1.81. The molecule has 0 heterocycles. The molecular formula is C20H23N. The molecule has 0 radical (unpaired) electrons. The van der Waals surface area contributed by atoms with Crippen LogP contribution in [0.15, 0.2) is 72.8 Å². The van der Waals surface area contributed by atoms with Crippen LogP contribution in [0.3, 0.4) is 0 Å². The van der Waals surface area contributed by atoms with Crippen LogP contribution in [0.2, 0.25) is 0 Å². The van der Waals surface area contributed by atoms with E-state index in [4.69, 9.17) is 0 Å². The summed E-state index contributed by atoms with van der Waals surface area (Å²) in [6.07, 6.45) is 8.83. The van der Waals surface area contributed by atoms with Gasteiger partial charge in [-0.1, -0.05) is 91.9 Å². The number of nitrogens with zero attached hydrogens (tertiary/aromatic N) is 1. The van der Waals surface area contributed by atoms with Gasteiger partial charge in [0.05, 0.1) is 0 Å². The van der Waals surface area contributed by atoms with E-state index in [-0.39, 0.29) is 0 Å². The molecule has 21 heavy (non-hydrogen) atoms. The normalized spacial score (nSPS) is 11.7. The Hall–Kier alpha value is -2.12. The maximum atomic E-state index is 2.40. The standard InChI is InChI=1S/C20H23N/c1-2-21(17-9-15-19-11-5-3-6-12-19)18-10-16-20-13-7-4-8-14-20/h3-16H,2,17-18H2,1H3. The fraction of sp³-hybridized carbons (Fsp3) is 0.200. The largest absolute Gasteiger partial charge is 0.296 e. The number of rotatable bonds is 7. The van der Waals surface area contributed by atoms with E-state index in [2.05, 4.69) is 84.7 Å². The van der Waals surface area contributed by atoms with Crippen LogP contribution < -0.4 is 0 Å². The van der Waals surface area contributed by atoms with Crippen LogP contribution in [-0.4, -0.2) is 24.5 Å². The lowest BCUT2D eigenvalue weighted by atomic mass is 10.2. The van der Waals surface area contributed by atoms with Crippen molar-refractivity contribution in [1.29, 1.82) is 0 Å². The Morgan fingerprint density at radius 1 is 0.714 bits per heavy atom. The van der Waals surface area contributed by atoms with E-state index in [1.54, 1.807) is 0 Å². The third-order valence-electron chi connectivity index (χ3n) is 3.39. The van der Waals surface area contributed by atoms with Gasteiger partial charge in [0.2, 0.25) is 0 Å². The molecule has 0 saturated carbocycles. The zero-order valence-corrected chi connectivity index (χ0v) is 12.7. The minimum absolute atomic E-state index is 0.977. The highest BCUT2D eigenvalue weighted by molar-refractivity contribution is 5.49. The molecule has 2 aromatic carbocycles. The number of hydrogen-bond acceptors (Lipinski definition) is 1. The van der Waals surface area contributed by atoms with Gasteiger partial charge in [-0.15, -0.1) is 0 Å². The first-order valence-corrected chi connectivity index (χ1v) is 7.54. The SMILES string of the molecule is CCN(CC=Cc1ccccc1)CC=Cc1ccccc1. The molecule has 0 atom stereocenters. The van der Waals surface area contributed by atoms with Crippen LogP contribution >= 0.6 is 0 Å². The molecule has 0 saturated heterocycles.